The summed E-state index contributed by atoms with van der Waals surface area (Å²) in [5.74, 6) is -1.33. The number of anilines is 3. The summed E-state index contributed by atoms with van der Waals surface area (Å²) in [5, 5.41) is 12.0. The summed E-state index contributed by atoms with van der Waals surface area (Å²) in [6.07, 6.45) is 1.95. The second kappa shape index (κ2) is 9.24. The van der Waals surface area contributed by atoms with Crippen LogP contribution in [0, 0.1) is 0 Å². The highest BCUT2D eigenvalue weighted by molar-refractivity contribution is 6.13. The van der Waals surface area contributed by atoms with Gasteiger partial charge in [0, 0.05) is 69.4 Å². The molecule has 0 unspecified atom stereocenters. The van der Waals surface area contributed by atoms with Crippen molar-refractivity contribution < 1.29 is 24.3 Å². The topological polar surface area (TPSA) is 172 Å². The number of nitrogens with two attached hydrogens (primary N) is 1. The first kappa shape index (κ1) is 26.4. The zero-order chi connectivity index (χ0) is 31.4. The number of urea groups is 1. The number of carbonyl (C=O) groups is 4. The lowest BCUT2D eigenvalue weighted by Gasteiger charge is -2.16. The van der Waals surface area contributed by atoms with E-state index >= 15 is 0 Å². The number of nitrogens with zero attached hydrogens (tertiary/aromatic N) is 3. The molecule has 0 aliphatic carbocycles. The number of nitrogens with one attached hydrogen (secondary N) is 3. The van der Waals surface area contributed by atoms with Gasteiger partial charge in [-0.2, -0.15) is 0 Å². The standard InChI is InChI=1S/C34H27N7O5/c35-34(46)41-12-9-18-20-14-26(37-23(20)3-6-30(18)41)32(43)39-10-7-16-19-13-25(36-22(19)1-4-28(16)39)31(42)40-11-8-17-21-15-27(33(44)45)38-24(21)2-5-29(17)40/h1-6,13-15,36-38H,7-12H2,(H2,35,46)(H,44,45). The number of amides is 4. The Balaban J connectivity index is 1.02. The van der Waals surface area contributed by atoms with Crippen molar-refractivity contribution >= 4 is 73.6 Å². The van der Waals surface area contributed by atoms with Crippen molar-refractivity contribution in [2.75, 3.05) is 34.3 Å². The van der Waals surface area contributed by atoms with Gasteiger partial charge < -0.3 is 35.6 Å². The van der Waals surface area contributed by atoms with Crippen LogP contribution in [-0.2, 0) is 19.3 Å². The first-order valence-corrected chi connectivity index (χ1v) is 15.1. The van der Waals surface area contributed by atoms with Crippen LogP contribution in [0.5, 0.6) is 0 Å². The maximum Gasteiger partial charge on any atom is 0.352 e. The molecule has 6 aromatic rings. The van der Waals surface area contributed by atoms with Crippen molar-refractivity contribution in [3.05, 3.63) is 88.4 Å². The Hall–Kier alpha value is -6.04. The average molecular weight is 614 g/mol. The van der Waals surface area contributed by atoms with Gasteiger partial charge in [0.2, 0.25) is 0 Å². The Bertz CT molecular complexity index is 2360. The van der Waals surface area contributed by atoms with E-state index in [1.165, 1.54) is 0 Å². The van der Waals surface area contributed by atoms with E-state index in [1.54, 1.807) is 20.8 Å². The third kappa shape index (κ3) is 3.60. The first-order valence-electron chi connectivity index (χ1n) is 15.1. The number of primary amides is 1. The monoisotopic (exact) mass is 613 g/mol. The second-order valence-corrected chi connectivity index (χ2v) is 12.1. The molecule has 0 atom stereocenters. The smallest absolute Gasteiger partial charge is 0.352 e. The van der Waals surface area contributed by atoms with E-state index in [0.29, 0.717) is 50.3 Å². The molecule has 4 amide bonds. The van der Waals surface area contributed by atoms with E-state index in [0.717, 1.165) is 66.5 Å². The van der Waals surface area contributed by atoms with Gasteiger partial charge in [-0.05, 0) is 90.6 Å². The summed E-state index contributed by atoms with van der Waals surface area (Å²) < 4.78 is 0. The number of aromatic amines is 3. The van der Waals surface area contributed by atoms with E-state index in [1.807, 2.05) is 48.5 Å². The number of carboxylic acids is 1. The highest BCUT2D eigenvalue weighted by Gasteiger charge is 2.32. The fraction of sp³-hybridized carbons (Fsp3) is 0.176. The van der Waals surface area contributed by atoms with E-state index in [-0.39, 0.29) is 17.5 Å². The molecule has 6 heterocycles. The van der Waals surface area contributed by atoms with Crippen molar-refractivity contribution in [3.63, 3.8) is 0 Å². The van der Waals surface area contributed by atoms with Gasteiger partial charge in [-0.15, -0.1) is 0 Å². The van der Waals surface area contributed by atoms with E-state index < -0.39 is 12.0 Å². The molecule has 6 N–H and O–H groups in total. The van der Waals surface area contributed by atoms with Gasteiger partial charge in [-0.1, -0.05) is 0 Å². The minimum absolute atomic E-state index is 0.120. The van der Waals surface area contributed by atoms with E-state index in [9.17, 15) is 24.3 Å². The van der Waals surface area contributed by atoms with Crippen LogP contribution in [0.4, 0.5) is 21.9 Å². The molecule has 0 spiro atoms. The molecule has 12 nitrogen and oxygen atoms in total. The number of benzene rings is 3. The van der Waals surface area contributed by atoms with Crippen molar-refractivity contribution in [1.29, 1.82) is 0 Å². The minimum Gasteiger partial charge on any atom is -0.477 e. The summed E-state index contributed by atoms with van der Waals surface area (Å²) in [4.78, 5) is 65.5. The van der Waals surface area contributed by atoms with Gasteiger partial charge in [0.25, 0.3) is 11.8 Å². The molecule has 228 valence electrons. The Kier molecular flexibility index (Phi) is 5.30. The summed E-state index contributed by atoms with van der Waals surface area (Å²) in [6, 6.07) is 16.1. The Morgan fingerprint density at radius 1 is 0.565 bits per heavy atom. The molecular weight excluding hydrogens is 586 g/mol. The van der Waals surface area contributed by atoms with Gasteiger partial charge in [0.05, 0.1) is 0 Å². The fourth-order valence-electron chi connectivity index (χ4n) is 7.62. The van der Waals surface area contributed by atoms with Crippen LogP contribution < -0.4 is 20.4 Å². The number of fused-ring (bicyclic) bond motifs is 9. The average Bonchev–Trinajstić information content (AvgIpc) is 3.88. The number of rotatable bonds is 3. The predicted molar refractivity (Wildman–Crippen MR) is 173 cm³/mol. The molecule has 0 fully saturated rings. The molecule has 0 bridgehead atoms. The summed E-state index contributed by atoms with van der Waals surface area (Å²) in [7, 11) is 0. The Morgan fingerprint density at radius 2 is 0.935 bits per heavy atom. The molecule has 0 radical (unpaired) electrons. The normalized spacial score (nSPS) is 15.3. The molecule has 46 heavy (non-hydrogen) atoms. The maximum absolute atomic E-state index is 13.8. The molecule has 0 saturated carbocycles. The largest absolute Gasteiger partial charge is 0.477 e. The van der Waals surface area contributed by atoms with Crippen LogP contribution in [-0.4, -0.2) is 63.5 Å². The number of hydrogen-bond donors (Lipinski definition) is 5. The van der Waals surface area contributed by atoms with E-state index in [2.05, 4.69) is 15.0 Å². The fourth-order valence-corrected chi connectivity index (χ4v) is 7.62. The quantitative estimate of drug-likeness (QED) is 0.195. The number of carbonyl (C=O) groups excluding carboxylic acids is 3. The van der Waals surface area contributed by atoms with E-state index in [4.69, 9.17) is 5.73 Å². The van der Waals surface area contributed by atoms with Crippen LogP contribution >= 0.6 is 0 Å². The lowest BCUT2D eigenvalue weighted by molar-refractivity contribution is 0.0691. The van der Waals surface area contributed by atoms with Gasteiger partial charge >= 0.3 is 12.0 Å². The first-order chi connectivity index (χ1) is 22.3. The van der Waals surface area contributed by atoms with Crippen molar-refractivity contribution in [2.24, 2.45) is 5.73 Å². The number of hydrogen-bond acceptors (Lipinski definition) is 4. The molecule has 9 rings (SSSR count). The number of aromatic nitrogens is 3. The van der Waals surface area contributed by atoms with Gasteiger partial charge in [-0.3, -0.25) is 14.5 Å². The lowest BCUT2D eigenvalue weighted by Crippen LogP contribution is -2.33. The van der Waals surface area contributed by atoms with Crippen molar-refractivity contribution in [2.45, 2.75) is 19.3 Å². The molecule has 3 aromatic carbocycles. The van der Waals surface area contributed by atoms with Crippen LogP contribution in [0.1, 0.15) is 48.2 Å². The number of aromatic carboxylic acids is 1. The number of H-pyrrole nitrogens is 3. The SMILES string of the molecule is NC(=O)N1CCc2c1ccc1[nH]c(C(=O)N3CCc4c3ccc3[nH]c(C(=O)N5CCc6c5ccc5[nH]c(C(=O)O)cc65)cc43)cc21. The zero-order valence-corrected chi connectivity index (χ0v) is 24.4. The Morgan fingerprint density at radius 3 is 1.35 bits per heavy atom. The second-order valence-electron chi connectivity index (χ2n) is 12.1. The number of carboxylic acid groups (broad SMARTS) is 1. The van der Waals surface area contributed by atoms with Gasteiger partial charge in [-0.25, -0.2) is 9.59 Å². The summed E-state index contributed by atoms with van der Waals surface area (Å²) in [5.41, 5.74) is 14.3. The van der Waals surface area contributed by atoms with Gasteiger partial charge in [0.1, 0.15) is 17.1 Å². The molecule has 0 saturated heterocycles. The zero-order valence-electron chi connectivity index (χ0n) is 24.4. The van der Waals surface area contributed by atoms with Crippen LogP contribution in [0.3, 0.4) is 0 Å². The predicted octanol–water partition coefficient (Wildman–Crippen LogP) is 4.68. The lowest BCUT2D eigenvalue weighted by atomic mass is 10.1. The van der Waals surface area contributed by atoms with Crippen LogP contribution in [0.2, 0.25) is 0 Å². The molecule has 3 aromatic heterocycles. The Labute approximate surface area is 260 Å². The van der Waals surface area contributed by atoms with Crippen LogP contribution in [0.15, 0.2) is 54.6 Å². The highest BCUT2D eigenvalue weighted by atomic mass is 16.4. The summed E-state index contributed by atoms with van der Waals surface area (Å²) >= 11 is 0. The third-order valence-corrected chi connectivity index (χ3v) is 9.75. The van der Waals surface area contributed by atoms with Gasteiger partial charge in [0.15, 0.2) is 0 Å². The van der Waals surface area contributed by atoms with Crippen molar-refractivity contribution in [1.82, 2.24) is 15.0 Å². The molecule has 12 heteroatoms. The summed E-state index contributed by atoms with van der Waals surface area (Å²) in [6.45, 7) is 1.52. The maximum atomic E-state index is 13.8. The highest BCUT2D eigenvalue weighted by Crippen LogP contribution is 2.39. The molecule has 3 aliphatic heterocycles. The third-order valence-electron chi connectivity index (χ3n) is 9.75. The van der Waals surface area contributed by atoms with Crippen LogP contribution in [0.25, 0.3) is 32.7 Å². The van der Waals surface area contributed by atoms with Crippen molar-refractivity contribution in [3.8, 4) is 0 Å². The molecule has 3 aliphatic rings. The molecular formula is C34H27N7O5. The minimum atomic E-state index is -1.02.